The Kier molecular flexibility index (Phi) is 7.71. The molecule has 0 aromatic heterocycles. The summed E-state index contributed by atoms with van der Waals surface area (Å²) in [5, 5.41) is 0.760. The van der Waals surface area contributed by atoms with Crippen LogP contribution >= 0.6 is 23.2 Å². The van der Waals surface area contributed by atoms with Crippen LogP contribution in [0, 0.1) is 0 Å². The van der Waals surface area contributed by atoms with Crippen LogP contribution in [0.25, 0.3) is 0 Å². The number of hydrazine groups is 1. The van der Waals surface area contributed by atoms with Gasteiger partial charge in [-0.25, -0.2) is 10.2 Å². The number of rotatable bonds is 6. The Morgan fingerprint density at radius 2 is 2.00 bits per heavy atom. The fourth-order valence-electron chi connectivity index (χ4n) is 1.24. The van der Waals surface area contributed by atoms with Gasteiger partial charge in [0, 0.05) is 5.02 Å². The summed E-state index contributed by atoms with van der Waals surface area (Å²) in [6, 6.07) is 4.63. The van der Waals surface area contributed by atoms with Crippen LogP contribution in [-0.4, -0.2) is 25.2 Å². The van der Waals surface area contributed by atoms with Gasteiger partial charge in [0.2, 0.25) is 0 Å². The SMILES string of the molecule is CCCCOC(=O)NNC(=O)COc1ccc(Cl)cc1Cl. The summed E-state index contributed by atoms with van der Waals surface area (Å²) >= 11 is 11.6. The average Bonchev–Trinajstić information content (AvgIpc) is 2.44. The molecule has 0 saturated carbocycles. The second kappa shape index (κ2) is 9.31. The Labute approximate surface area is 132 Å². The third-order valence-corrected chi connectivity index (χ3v) is 2.82. The molecule has 21 heavy (non-hydrogen) atoms. The van der Waals surface area contributed by atoms with Gasteiger partial charge in [-0.3, -0.25) is 10.2 Å². The van der Waals surface area contributed by atoms with Crippen LogP contribution in [0.5, 0.6) is 5.75 Å². The zero-order valence-corrected chi connectivity index (χ0v) is 13.0. The van der Waals surface area contributed by atoms with Crippen molar-refractivity contribution in [3.05, 3.63) is 28.2 Å². The summed E-state index contributed by atoms with van der Waals surface area (Å²) in [5.74, 6) is -0.227. The van der Waals surface area contributed by atoms with E-state index < -0.39 is 12.0 Å². The Morgan fingerprint density at radius 3 is 2.67 bits per heavy atom. The number of unbranched alkanes of at least 4 members (excludes halogenated alkanes) is 1. The van der Waals surface area contributed by atoms with Gasteiger partial charge in [-0.15, -0.1) is 0 Å². The topological polar surface area (TPSA) is 76.7 Å². The first kappa shape index (κ1) is 17.4. The quantitative estimate of drug-likeness (QED) is 0.619. The number of amides is 2. The van der Waals surface area contributed by atoms with Crippen LogP contribution in [0.4, 0.5) is 4.79 Å². The normalized spacial score (nSPS) is 9.86. The van der Waals surface area contributed by atoms with E-state index in [4.69, 9.17) is 32.7 Å². The largest absolute Gasteiger partial charge is 0.482 e. The molecule has 0 spiro atoms. The van der Waals surface area contributed by atoms with Crippen molar-refractivity contribution in [3.8, 4) is 5.75 Å². The number of ether oxygens (including phenoxy) is 2. The Morgan fingerprint density at radius 1 is 1.24 bits per heavy atom. The Hall–Kier alpha value is -1.66. The van der Waals surface area contributed by atoms with Gasteiger partial charge in [0.15, 0.2) is 6.61 Å². The summed E-state index contributed by atoms with van der Waals surface area (Å²) in [4.78, 5) is 22.6. The van der Waals surface area contributed by atoms with E-state index >= 15 is 0 Å². The molecular formula is C13H16Cl2N2O4. The smallest absolute Gasteiger partial charge is 0.426 e. The zero-order valence-electron chi connectivity index (χ0n) is 11.4. The third kappa shape index (κ3) is 7.06. The summed E-state index contributed by atoms with van der Waals surface area (Å²) in [7, 11) is 0. The van der Waals surface area contributed by atoms with Crippen LogP contribution in [0.15, 0.2) is 18.2 Å². The summed E-state index contributed by atoms with van der Waals surface area (Å²) in [6.45, 7) is 1.97. The zero-order chi connectivity index (χ0) is 15.7. The van der Waals surface area contributed by atoms with Crippen LogP contribution in [0.3, 0.4) is 0 Å². The highest BCUT2D eigenvalue weighted by Gasteiger charge is 2.08. The van der Waals surface area contributed by atoms with Crippen LogP contribution in [0.1, 0.15) is 19.8 Å². The number of halogens is 2. The first-order chi connectivity index (χ1) is 10.0. The summed E-state index contributed by atoms with van der Waals surface area (Å²) in [6.07, 6.45) is 0.954. The molecular weight excluding hydrogens is 319 g/mol. The van der Waals surface area contributed by atoms with E-state index in [1.807, 2.05) is 6.92 Å². The third-order valence-electron chi connectivity index (χ3n) is 2.29. The highest BCUT2D eigenvalue weighted by molar-refractivity contribution is 6.35. The van der Waals surface area contributed by atoms with E-state index in [0.717, 1.165) is 12.8 Å². The average molecular weight is 335 g/mol. The van der Waals surface area contributed by atoms with Crippen LogP contribution < -0.4 is 15.6 Å². The van der Waals surface area contributed by atoms with Crippen molar-refractivity contribution in [1.29, 1.82) is 0 Å². The molecule has 0 unspecified atom stereocenters. The lowest BCUT2D eigenvalue weighted by molar-refractivity contribution is -0.123. The molecule has 0 bridgehead atoms. The number of benzene rings is 1. The van der Waals surface area contributed by atoms with Gasteiger partial charge in [-0.2, -0.15) is 0 Å². The lowest BCUT2D eigenvalue weighted by Gasteiger charge is -2.10. The molecule has 1 aromatic rings. The first-order valence-electron chi connectivity index (χ1n) is 6.32. The van der Waals surface area contributed by atoms with Gasteiger partial charge in [0.25, 0.3) is 5.91 Å². The van der Waals surface area contributed by atoms with E-state index in [-0.39, 0.29) is 6.61 Å². The van der Waals surface area contributed by atoms with E-state index in [1.54, 1.807) is 12.1 Å². The first-order valence-corrected chi connectivity index (χ1v) is 7.08. The minimum Gasteiger partial charge on any atom is -0.482 e. The van der Waals surface area contributed by atoms with Gasteiger partial charge in [-0.05, 0) is 24.6 Å². The van der Waals surface area contributed by atoms with Gasteiger partial charge in [0.05, 0.1) is 11.6 Å². The Balaban J connectivity index is 2.26. The van der Waals surface area contributed by atoms with Crippen molar-refractivity contribution in [2.24, 2.45) is 0 Å². The molecule has 1 rings (SSSR count). The number of carbonyl (C=O) groups excluding carboxylic acids is 2. The van der Waals surface area contributed by atoms with Crippen molar-refractivity contribution >= 4 is 35.2 Å². The van der Waals surface area contributed by atoms with Gasteiger partial charge in [0.1, 0.15) is 5.75 Å². The maximum absolute atomic E-state index is 11.5. The molecule has 0 radical (unpaired) electrons. The van der Waals surface area contributed by atoms with E-state index in [2.05, 4.69) is 10.9 Å². The predicted octanol–water partition coefficient (Wildman–Crippen LogP) is 2.93. The number of nitrogens with one attached hydrogen (secondary N) is 2. The fraction of sp³-hybridized carbons (Fsp3) is 0.385. The predicted molar refractivity (Wildman–Crippen MR) is 79.5 cm³/mol. The van der Waals surface area contributed by atoms with Gasteiger partial charge < -0.3 is 9.47 Å². The molecule has 2 N–H and O–H groups in total. The Bertz CT molecular complexity index is 497. The molecule has 8 heteroatoms. The van der Waals surface area contributed by atoms with Gasteiger partial charge in [-0.1, -0.05) is 36.5 Å². The monoisotopic (exact) mass is 334 g/mol. The second-order valence-corrected chi connectivity index (χ2v) is 4.87. The van der Waals surface area contributed by atoms with E-state index in [0.29, 0.717) is 22.4 Å². The van der Waals surface area contributed by atoms with Crippen LogP contribution in [-0.2, 0) is 9.53 Å². The summed E-state index contributed by atoms with van der Waals surface area (Å²) < 4.78 is 9.98. The maximum atomic E-state index is 11.5. The molecule has 116 valence electrons. The molecule has 2 amide bonds. The highest BCUT2D eigenvalue weighted by atomic mass is 35.5. The van der Waals surface area contributed by atoms with Crippen molar-refractivity contribution in [2.75, 3.05) is 13.2 Å². The highest BCUT2D eigenvalue weighted by Crippen LogP contribution is 2.27. The molecule has 0 atom stereocenters. The standard InChI is InChI=1S/C13H16Cl2N2O4/c1-2-3-6-20-13(19)17-16-12(18)8-21-11-5-4-9(14)7-10(11)15/h4-5,7H,2-3,6,8H2,1H3,(H,16,18)(H,17,19). The molecule has 0 aliphatic rings. The minimum absolute atomic E-state index is 0.294. The maximum Gasteiger partial charge on any atom is 0.426 e. The number of carbonyl (C=O) groups is 2. The lowest BCUT2D eigenvalue weighted by atomic mass is 10.3. The van der Waals surface area contributed by atoms with Crippen molar-refractivity contribution < 1.29 is 19.1 Å². The molecule has 6 nitrogen and oxygen atoms in total. The van der Waals surface area contributed by atoms with Crippen molar-refractivity contribution in [3.63, 3.8) is 0 Å². The molecule has 0 saturated heterocycles. The van der Waals surface area contributed by atoms with E-state index in [1.165, 1.54) is 6.07 Å². The molecule has 0 aliphatic heterocycles. The van der Waals surface area contributed by atoms with Crippen molar-refractivity contribution in [1.82, 2.24) is 10.9 Å². The van der Waals surface area contributed by atoms with Crippen molar-refractivity contribution in [2.45, 2.75) is 19.8 Å². The summed E-state index contributed by atoms with van der Waals surface area (Å²) in [5.41, 5.74) is 4.26. The minimum atomic E-state index is -0.721. The number of hydrogen-bond acceptors (Lipinski definition) is 4. The molecule has 0 aliphatic carbocycles. The number of hydrogen-bond donors (Lipinski definition) is 2. The lowest BCUT2D eigenvalue weighted by Crippen LogP contribution is -2.44. The molecule has 0 fully saturated rings. The second-order valence-electron chi connectivity index (χ2n) is 4.03. The molecule has 0 heterocycles. The molecule has 1 aromatic carbocycles. The van der Waals surface area contributed by atoms with Gasteiger partial charge >= 0.3 is 6.09 Å². The van der Waals surface area contributed by atoms with Crippen LogP contribution in [0.2, 0.25) is 10.0 Å². The van der Waals surface area contributed by atoms with E-state index in [9.17, 15) is 9.59 Å². The fourth-order valence-corrected chi connectivity index (χ4v) is 1.70.